The molecule has 1 fully saturated rings. The summed E-state index contributed by atoms with van der Waals surface area (Å²) in [4.78, 5) is 23.1. The van der Waals surface area contributed by atoms with Crippen LogP contribution in [0.25, 0.3) is 0 Å². The molecule has 1 saturated heterocycles. The van der Waals surface area contributed by atoms with E-state index in [9.17, 15) is 14.0 Å². The van der Waals surface area contributed by atoms with Crippen LogP contribution in [0.15, 0.2) is 24.3 Å². The molecule has 1 aliphatic heterocycles. The van der Waals surface area contributed by atoms with Crippen LogP contribution >= 0.6 is 0 Å². The van der Waals surface area contributed by atoms with Crippen LogP contribution in [0, 0.1) is 5.82 Å². The number of rotatable bonds is 3. The summed E-state index contributed by atoms with van der Waals surface area (Å²) in [6.07, 6.45) is -0.999. The Labute approximate surface area is 96.4 Å². The van der Waals surface area contributed by atoms with E-state index in [0.717, 1.165) is 4.90 Å². The number of amides is 1. The van der Waals surface area contributed by atoms with Gasteiger partial charge in [-0.1, -0.05) is 12.1 Å². The number of cyclic esters (lactones) is 1. The molecule has 1 unspecified atom stereocenters. The number of ether oxygens (including phenoxy) is 1. The fourth-order valence-corrected chi connectivity index (χ4v) is 1.75. The van der Waals surface area contributed by atoms with Gasteiger partial charge in [0.05, 0.1) is 18.2 Å². The van der Waals surface area contributed by atoms with E-state index in [1.54, 1.807) is 6.07 Å². The van der Waals surface area contributed by atoms with Gasteiger partial charge in [0.2, 0.25) is 0 Å². The lowest BCUT2D eigenvalue weighted by molar-refractivity contribution is -0.137. The number of hydrogen-bond acceptors (Lipinski definition) is 3. The van der Waals surface area contributed by atoms with Crippen molar-refractivity contribution in [1.82, 2.24) is 0 Å². The van der Waals surface area contributed by atoms with E-state index in [1.807, 2.05) is 0 Å². The molecule has 2 rings (SSSR count). The summed E-state index contributed by atoms with van der Waals surface area (Å²) in [5.74, 6) is -1.64. The summed E-state index contributed by atoms with van der Waals surface area (Å²) < 4.78 is 18.3. The highest BCUT2D eigenvalue weighted by atomic mass is 19.1. The number of hydrogen-bond donors (Lipinski definition) is 1. The molecule has 1 aromatic carbocycles. The van der Waals surface area contributed by atoms with Gasteiger partial charge in [-0.05, 0) is 12.1 Å². The summed E-state index contributed by atoms with van der Waals surface area (Å²) in [6, 6.07) is 5.01. The van der Waals surface area contributed by atoms with E-state index in [2.05, 4.69) is 0 Å². The minimum atomic E-state index is -1.06. The van der Waals surface area contributed by atoms with Crippen LogP contribution in [-0.4, -0.2) is 29.8 Å². The second-order valence-electron chi connectivity index (χ2n) is 3.65. The summed E-state index contributed by atoms with van der Waals surface area (Å²) in [7, 11) is 0. The maximum absolute atomic E-state index is 13.5. The Morgan fingerprint density at radius 1 is 1.53 bits per heavy atom. The molecule has 17 heavy (non-hydrogen) atoms. The van der Waals surface area contributed by atoms with Crippen molar-refractivity contribution < 1.29 is 23.8 Å². The smallest absolute Gasteiger partial charge is 0.414 e. The van der Waals surface area contributed by atoms with Gasteiger partial charge < -0.3 is 9.84 Å². The van der Waals surface area contributed by atoms with E-state index in [0.29, 0.717) is 0 Å². The number of anilines is 1. The van der Waals surface area contributed by atoms with Crippen LogP contribution in [0.4, 0.5) is 14.9 Å². The lowest BCUT2D eigenvalue weighted by Crippen LogP contribution is -2.35. The molecule has 1 N–H and O–H groups in total. The van der Waals surface area contributed by atoms with E-state index in [4.69, 9.17) is 9.84 Å². The predicted molar refractivity (Wildman–Crippen MR) is 56.3 cm³/mol. The first-order chi connectivity index (χ1) is 8.09. The zero-order chi connectivity index (χ0) is 12.4. The van der Waals surface area contributed by atoms with Crippen LogP contribution in [-0.2, 0) is 9.53 Å². The molecule has 0 bridgehead atoms. The highest BCUT2D eigenvalue weighted by Crippen LogP contribution is 2.27. The molecule has 1 atom stereocenters. The van der Waals surface area contributed by atoms with Crippen molar-refractivity contribution in [3.8, 4) is 0 Å². The van der Waals surface area contributed by atoms with Crippen LogP contribution in [0.2, 0.25) is 0 Å². The molecule has 90 valence electrons. The van der Waals surface area contributed by atoms with E-state index < -0.39 is 23.9 Å². The third-order valence-electron chi connectivity index (χ3n) is 2.48. The number of para-hydroxylation sites is 1. The minimum absolute atomic E-state index is 0.0422. The quantitative estimate of drug-likeness (QED) is 0.870. The molecule has 6 heteroatoms. The minimum Gasteiger partial charge on any atom is -0.481 e. The van der Waals surface area contributed by atoms with Crippen molar-refractivity contribution in [2.45, 2.75) is 12.5 Å². The number of nitrogens with zero attached hydrogens (tertiary/aromatic N) is 1. The Balaban J connectivity index is 2.31. The third kappa shape index (κ3) is 2.20. The van der Waals surface area contributed by atoms with Gasteiger partial charge in [-0.25, -0.2) is 9.18 Å². The maximum Gasteiger partial charge on any atom is 0.414 e. The van der Waals surface area contributed by atoms with Gasteiger partial charge in [-0.2, -0.15) is 0 Å². The molecule has 1 heterocycles. The molecule has 5 nitrogen and oxygen atoms in total. The average molecular weight is 239 g/mol. The summed E-state index contributed by atoms with van der Waals surface area (Å²) in [6.45, 7) is -0.0422. The second kappa shape index (κ2) is 4.40. The summed E-state index contributed by atoms with van der Waals surface area (Å²) in [5.41, 5.74) is 0.0428. The molecule has 1 aliphatic rings. The Morgan fingerprint density at radius 3 is 2.88 bits per heavy atom. The molecule has 0 spiro atoms. The molecule has 0 aromatic heterocycles. The molecule has 0 aliphatic carbocycles. The van der Waals surface area contributed by atoms with Crippen molar-refractivity contribution in [3.05, 3.63) is 30.1 Å². The van der Waals surface area contributed by atoms with Crippen LogP contribution in [0.3, 0.4) is 0 Å². The van der Waals surface area contributed by atoms with Gasteiger partial charge >= 0.3 is 12.1 Å². The fraction of sp³-hybridized carbons (Fsp3) is 0.273. The zero-order valence-electron chi connectivity index (χ0n) is 8.80. The van der Waals surface area contributed by atoms with Gasteiger partial charge in [0.25, 0.3) is 0 Å². The molecular weight excluding hydrogens is 229 g/mol. The van der Waals surface area contributed by atoms with Crippen LogP contribution in [0.1, 0.15) is 6.42 Å². The van der Waals surface area contributed by atoms with Gasteiger partial charge in [-0.3, -0.25) is 9.69 Å². The predicted octanol–water partition coefficient (Wildman–Crippen LogP) is 1.63. The van der Waals surface area contributed by atoms with Crippen molar-refractivity contribution in [3.63, 3.8) is 0 Å². The van der Waals surface area contributed by atoms with Crippen molar-refractivity contribution >= 4 is 17.7 Å². The van der Waals surface area contributed by atoms with Crippen LogP contribution in [0.5, 0.6) is 0 Å². The first-order valence-electron chi connectivity index (χ1n) is 5.02. The Hall–Kier alpha value is -2.11. The number of carboxylic acids is 1. The summed E-state index contributed by atoms with van der Waals surface area (Å²) in [5, 5.41) is 8.71. The number of carboxylic acid groups (broad SMARTS) is 1. The third-order valence-corrected chi connectivity index (χ3v) is 2.48. The van der Waals surface area contributed by atoms with Gasteiger partial charge in [0.1, 0.15) is 12.4 Å². The highest BCUT2D eigenvalue weighted by Gasteiger charge is 2.36. The van der Waals surface area contributed by atoms with Gasteiger partial charge in [0, 0.05) is 0 Å². The standard InChI is InChI=1S/C11H10FNO4/c12-8-3-1-2-4-9(8)13-7(5-10(14)15)6-17-11(13)16/h1-4,7H,5-6H2,(H,14,15). The molecule has 0 saturated carbocycles. The number of benzene rings is 1. The Morgan fingerprint density at radius 2 is 2.24 bits per heavy atom. The Kier molecular flexibility index (Phi) is 2.95. The zero-order valence-corrected chi connectivity index (χ0v) is 8.80. The lowest BCUT2D eigenvalue weighted by Gasteiger charge is -2.20. The monoisotopic (exact) mass is 239 g/mol. The number of carbonyl (C=O) groups excluding carboxylic acids is 1. The fourth-order valence-electron chi connectivity index (χ4n) is 1.75. The number of halogens is 1. The van der Waals surface area contributed by atoms with Crippen LogP contribution < -0.4 is 4.90 Å². The first kappa shape index (κ1) is 11.4. The van der Waals surface area contributed by atoms with E-state index in [-0.39, 0.29) is 18.7 Å². The summed E-state index contributed by atoms with van der Waals surface area (Å²) >= 11 is 0. The van der Waals surface area contributed by atoms with Gasteiger partial charge in [0.15, 0.2) is 0 Å². The number of carbonyl (C=O) groups is 2. The molecular formula is C11H10FNO4. The Bertz CT molecular complexity index is 463. The van der Waals surface area contributed by atoms with Gasteiger partial charge in [-0.15, -0.1) is 0 Å². The largest absolute Gasteiger partial charge is 0.481 e. The molecule has 1 aromatic rings. The molecule has 1 amide bonds. The number of aliphatic carboxylic acids is 1. The topological polar surface area (TPSA) is 66.8 Å². The van der Waals surface area contributed by atoms with Crippen molar-refractivity contribution in [2.24, 2.45) is 0 Å². The molecule has 0 radical (unpaired) electrons. The van der Waals surface area contributed by atoms with E-state index >= 15 is 0 Å². The van der Waals surface area contributed by atoms with Crippen molar-refractivity contribution in [1.29, 1.82) is 0 Å². The average Bonchev–Trinajstić information content (AvgIpc) is 2.60. The van der Waals surface area contributed by atoms with Crippen molar-refractivity contribution in [2.75, 3.05) is 11.5 Å². The highest BCUT2D eigenvalue weighted by molar-refractivity contribution is 5.91. The first-order valence-corrected chi connectivity index (χ1v) is 5.02. The van der Waals surface area contributed by atoms with E-state index in [1.165, 1.54) is 18.2 Å². The normalized spacial score (nSPS) is 19.2. The lowest BCUT2D eigenvalue weighted by atomic mass is 10.2. The maximum atomic E-state index is 13.5. The second-order valence-corrected chi connectivity index (χ2v) is 3.65. The SMILES string of the molecule is O=C(O)CC1COC(=O)N1c1ccccc1F.